The Hall–Kier alpha value is -2.02. The molecule has 1 atom stereocenters. The summed E-state index contributed by atoms with van der Waals surface area (Å²) in [7, 11) is 0. The molecule has 1 aromatic heterocycles. The van der Waals surface area contributed by atoms with Gasteiger partial charge < -0.3 is 10.6 Å². The van der Waals surface area contributed by atoms with E-state index in [9.17, 15) is 13.2 Å². The summed E-state index contributed by atoms with van der Waals surface area (Å²) in [6.07, 6.45) is -2.57. The third kappa shape index (κ3) is 2.94. The smallest absolute Gasteiger partial charge is 0.352 e. The number of halogens is 3. The molecule has 1 aromatic carbocycles. The van der Waals surface area contributed by atoms with Gasteiger partial charge in [0.1, 0.15) is 5.82 Å². The van der Waals surface area contributed by atoms with Gasteiger partial charge in [-0.2, -0.15) is 18.3 Å². The molecule has 0 radical (unpaired) electrons. The molecule has 3 rings (SSSR count). The van der Waals surface area contributed by atoms with Crippen molar-refractivity contribution in [2.24, 2.45) is 11.7 Å². The van der Waals surface area contributed by atoms with Crippen LogP contribution in [0.25, 0.3) is 0 Å². The van der Waals surface area contributed by atoms with Crippen LogP contribution in [0, 0.1) is 5.92 Å². The van der Waals surface area contributed by atoms with Gasteiger partial charge in [0, 0.05) is 31.6 Å². The summed E-state index contributed by atoms with van der Waals surface area (Å²) < 4.78 is 39.7. The van der Waals surface area contributed by atoms with E-state index in [2.05, 4.69) is 10.00 Å². The van der Waals surface area contributed by atoms with Crippen molar-refractivity contribution >= 4 is 5.82 Å². The molecule has 0 spiro atoms. The molecule has 0 amide bonds. The highest BCUT2D eigenvalue weighted by atomic mass is 19.4. The van der Waals surface area contributed by atoms with Crippen LogP contribution >= 0.6 is 0 Å². The number of nitrogens with two attached hydrogens (primary N) is 1. The number of aromatic nitrogens is 2. The number of hydrogen-bond acceptors (Lipinski definition) is 3. The Labute approximate surface area is 126 Å². The van der Waals surface area contributed by atoms with Crippen LogP contribution in [-0.4, -0.2) is 22.9 Å². The second-order valence-electron chi connectivity index (χ2n) is 5.55. The maximum atomic E-state index is 12.6. The van der Waals surface area contributed by atoms with Gasteiger partial charge in [-0.05, 0) is 24.2 Å². The summed E-state index contributed by atoms with van der Waals surface area (Å²) in [6.45, 7) is 2.66. The molecule has 4 nitrogen and oxygen atoms in total. The van der Waals surface area contributed by atoms with E-state index < -0.39 is 11.7 Å². The fourth-order valence-electron chi connectivity index (χ4n) is 2.76. The van der Waals surface area contributed by atoms with Gasteiger partial charge in [-0.15, -0.1) is 0 Å². The Kier molecular flexibility index (Phi) is 3.82. The molecule has 1 unspecified atom stereocenters. The number of alkyl halides is 3. The molecule has 0 fully saturated rings. The van der Waals surface area contributed by atoms with Crippen LogP contribution in [0.4, 0.5) is 19.0 Å². The molecule has 1 aliphatic rings. The van der Waals surface area contributed by atoms with Crippen molar-refractivity contribution in [2.75, 3.05) is 18.0 Å². The molecule has 22 heavy (non-hydrogen) atoms. The van der Waals surface area contributed by atoms with Crippen molar-refractivity contribution in [1.82, 2.24) is 9.78 Å². The van der Waals surface area contributed by atoms with Gasteiger partial charge in [0.05, 0.1) is 11.8 Å². The fourth-order valence-corrected chi connectivity index (χ4v) is 2.76. The molecule has 1 aliphatic heterocycles. The molecule has 0 aliphatic carbocycles. The van der Waals surface area contributed by atoms with Gasteiger partial charge in [-0.1, -0.05) is 12.1 Å². The van der Waals surface area contributed by atoms with Crippen molar-refractivity contribution in [3.63, 3.8) is 0 Å². The summed E-state index contributed by atoms with van der Waals surface area (Å²) in [4.78, 5) is 2.11. The zero-order valence-electron chi connectivity index (χ0n) is 11.9. The minimum Gasteiger partial charge on any atom is -0.352 e. The highest BCUT2D eigenvalue weighted by molar-refractivity contribution is 5.41. The van der Waals surface area contributed by atoms with Gasteiger partial charge >= 0.3 is 6.18 Å². The van der Waals surface area contributed by atoms with E-state index in [-0.39, 0.29) is 0 Å². The lowest BCUT2D eigenvalue weighted by Crippen LogP contribution is -2.40. The Bertz CT molecular complexity index is 633. The molecule has 2 heterocycles. The Morgan fingerprint density at radius 3 is 2.50 bits per heavy atom. The highest BCUT2D eigenvalue weighted by Crippen LogP contribution is 2.30. The minimum atomic E-state index is -4.30. The third-order valence-electron chi connectivity index (χ3n) is 3.92. The van der Waals surface area contributed by atoms with Crippen LogP contribution < -0.4 is 10.6 Å². The molecule has 2 N–H and O–H groups in total. The SMILES string of the molecule is NCC1CN(Cc2ccc(C(F)(F)F)cc2)c2ccnn2C1. The largest absolute Gasteiger partial charge is 0.416 e. The van der Waals surface area contributed by atoms with E-state index in [1.54, 1.807) is 6.20 Å². The predicted molar refractivity (Wildman–Crippen MR) is 77.3 cm³/mol. The summed E-state index contributed by atoms with van der Waals surface area (Å²) >= 11 is 0. The first-order valence-electron chi connectivity index (χ1n) is 7.10. The standard InChI is InChI=1S/C15H17F3N4/c16-15(17,18)13-3-1-11(2-4-13)8-21-9-12(7-19)10-22-14(21)5-6-20-22/h1-6,12H,7-10,19H2. The van der Waals surface area contributed by atoms with Crippen molar-refractivity contribution in [2.45, 2.75) is 19.3 Å². The van der Waals surface area contributed by atoms with E-state index in [0.29, 0.717) is 19.0 Å². The van der Waals surface area contributed by atoms with Crippen LogP contribution in [0.1, 0.15) is 11.1 Å². The molecule has 7 heteroatoms. The van der Waals surface area contributed by atoms with E-state index in [4.69, 9.17) is 5.73 Å². The van der Waals surface area contributed by atoms with Crippen molar-refractivity contribution in [3.05, 3.63) is 47.7 Å². The highest BCUT2D eigenvalue weighted by Gasteiger charge is 2.30. The maximum absolute atomic E-state index is 12.6. The maximum Gasteiger partial charge on any atom is 0.416 e. The Morgan fingerprint density at radius 2 is 1.86 bits per heavy atom. The number of anilines is 1. The average molecular weight is 310 g/mol. The number of fused-ring (bicyclic) bond motifs is 1. The summed E-state index contributed by atoms with van der Waals surface area (Å²) in [5.74, 6) is 1.27. The van der Waals surface area contributed by atoms with Gasteiger partial charge in [0.15, 0.2) is 0 Å². The first-order valence-corrected chi connectivity index (χ1v) is 7.10. The van der Waals surface area contributed by atoms with Gasteiger partial charge in [-0.3, -0.25) is 0 Å². The average Bonchev–Trinajstić information content (AvgIpc) is 2.95. The molecule has 0 saturated carbocycles. The predicted octanol–water partition coefficient (Wildman–Crippen LogP) is 2.50. The number of hydrogen-bond donors (Lipinski definition) is 1. The van der Waals surface area contributed by atoms with E-state index >= 15 is 0 Å². The Morgan fingerprint density at radius 1 is 1.14 bits per heavy atom. The number of benzene rings is 1. The lowest BCUT2D eigenvalue weighted by Gasteiger charge is -2.34. The van der Waals surface area contributed by atoms with Crippen molar-refractivity contribution in [1.29, 1.82) is 0 Å². The summed E-state index contributed by atoms with van der Waals surface area (Å²) in [5, 5.41) is 4.26. The summed E-state index contributed by atoms with van der Waals surface area (Å²) in [5.41, 5.74) is 5.97. The van der Waals surface area contributed by atoms with E-state index in [0.717, 1.165) is 36.6 Å². The first-order chi connectivity index (χ1) is 10.5. The zero-order valence-corrected chi connectivity index (χ0v) is 11.9. The summed E-state index contributed by atoms with van der Waals surface area (Å²) in [6, 6.07) is 7.20. The second-order valence-corrected chi connectivity index (χ2v) is 5.55. The van der Waals surface area contributed by atoms with Crippen molar-refractivity contribution < 1.29 is 13.2 Å². The molecule has 118 valence electrons. The van der Waals surface area contributed by atoms with Crippen LogP contribution in [0.2, 0.25) is 0 Å². The van der Waals surface area contributed by atoms with Crippen LogP contribution in [-0.2, 0) is 19.3 Å². The van der Waals surface area contributed by atoms with E-state index in [1.165, 1.54) is 12.1 Å². The van der Waals surface area contributed by atoms with Crippen LogP contribution in [0.15, 0.2) is 36.5 Å². The fraction of sp³-hybridized carbons (Fsp3) is 0.400. The lowest BCUT2D eigenvalue weighted by molar-refractivity contribution is -0.137. The molecule has 2 aromatic rings. The molecular formula is C15H17F3N4. The molecule has 0 bridgehead atoms. The van der Waals surface area contributed by atoms with Crippen LogP contribution in [0.3, 0.4) is 0 Å². The second kappa shape index (κ2) is 5.64. The Balaban J connectivity index is 1.78. The molecular weight excluding hydrogens is 293 g/mol. The molecule has 0 saturated heterocycles. The van der Waals surface area contributed by atoms with Gasteiger partial charge in [-0.25, -0.2) is 4.68 Å². The van der Waals surface area contributed by atoms with Gasteiger partial charge in [0.25, 0.3) is 0 Å². The monoisotopic (exact) mass is 310 g/mol. The lowest BCUT2D eigenvalue weighted by atomic mass is 10.1. The normalized spacial score (nSPS) is 18.4. The number of nitrogens with zero attached hydrogens (tertiary/aromatic N) is 3. The van der Waals surface area contributed by atoms with E-state index in [1.807, 2.05) is 10.7 Å². The van der Waals surface area contributed by atoms with Gasteiger partial charge in [0.2, 0.25) is 0 Å². The number of rotatable bonds is 3. The first kappa shape index (κ1) is 14.9. The topological polar surface area (TPSA) is 47.1 Å². The minimum absolute atomic E-state index is 0.293. The quantitative estimate of drug-likeness (QED) is 0.947. The zero-order chi connectivity index (χ0) is 15.7. The van der Waals surface area contributed by atoms with Crippen molar-refractivity contribution in [3.8, 4) is 0 Å². The van der Waals surface area contributed by atoms with Crippen LogP contribution in [0.5, 0.6) is 0 Å². The third-order valence-corrected chi connectivity index (χ3v) is 3.92.